The number of likely N-dealkylation sites (N-methyl/N-ethyl adjacent to an activating group) is 1. The van der Waals surface area contributed by atoms with Crippen molar-refractivity contribution in [2.24, 2.45) is 0 Å². The number of carbonyl (C=O) groups is 1. The van der Waals surface area contributed by atoms with E-state index in [-0.39, 0.29) is 12.0 Å². The number of benzene rings is 1. The van der Waals surface area contributed by atoms with Crippen molar-refractivity contribution in [2.75, 3.05) is 32.9 Å². The van der Waals surface area contributed by atoms with Gasteiger partial charge < -0.3 is 15.0 Å². The molecule has 4 nitrogen and oxygen atoms in total. The molecule has 1 heterocycles. The summed E-state index contributed by atoms with van der Waals surface area (Å²) in [5.74, 6) is -0.0196. The van der Waals surface area contributed by atoms with E-state index in [4.69, 9.17) is 4.74 Å². The zero-order valence-electron chi connectivity index (χ0n) is 12.6. The van der Waals surface area contributed by atoms with Gasteiger partial charge in [-0.15, -0.1) is 0 Å². The molecule has 1 saturated heterocycles. The standard InChI is InChI=1S/C15H24N2O2Si/c1-16-15(18)14-11-17(9-10-19-14)12-20(2,3)13-7-5-4-6-8-13/h4-8,14H,9-12H2,1-3H3,(H,16,18)/t14-/m0/s1. The van der Waals surface area contributed by atoms with E-state index in [0.717, 1.165) is 12.7 Å². The SMILES string of the molecule is CNC(=O)[C@@H]1CN(C[Si](C)(C)c2ccccc2)CCO1. The summed E-state index contributed by atoms with van der Waals surface area (Å²) in [6.45, 7) is 7.01. The topological polar surface area (TPSA) is 41.6 Å². The first-order valence-corrected chi connectivity index (χ1v) is 10.3. The fraction of sp³-hybridized carbons (Fsp3) is 0.533. The molecule has 1 aromatic carbocycles. The molecule has 20 heavy (non-hydrogen) atoms. The number of morpholine rings is 1. The fourth-order valence-corrected chi connectivity index (χ4v) is 5.39. The predicted octanol–water partition coefficient (Wildman–Crippen LogP) is 0.588. The Balaban J connectivity index is 2.00. The highest BCUT2D eigenvalue weighted by molar-refractivity contribution is 6.89. The molecule has 0 unspecified atom stereocenters. The third kappa shape index (κ3) is 3.68. The highest BCUT2D eigenvalue weighted by Gasteiger charge is 2.31. The second kappa shape index (κ2) is 6.52. The van der Waals surface area contributed by atoms with Crippen LogP contribution in [0.25, 0.3) is 0 Å². The molecule has 0 spiro atoms. The largest absolute Gasteiger partial charge is 0.366 e. The Bertz CT molecular complexity index is 450. The van der Waals surface area contributed by atoms with Crippen molar-refractivity contribution in [2.45, 2.75) is 19.2 Å². The summed E-state index contributed by atoms with van der Waals surface area (Å²) in [6, 6.07) is 10.7. The lowest BCUT2D eigenvalue weighted by molar-refractivity contribution is -0.137. The molecule has 0 aromatic heterocycles. The number of ether oxygens (including phenoxy) is 1. The third-order valence-corrected chi connectivity index (χ3v) is 7.00. The summed E-state index contributed by atoms with van der Waals surface area (Å²) < 4.78 is 5.54. The smallest absolute Gasteiger partial charge is 0.250 e. The molecule has 1 aromatic rings. The molecule has 2 rings (SSSR count). The number of rotatable bonds is 4. The Hall–Kier alpha value is -1.17. The van der Waals surface area contributed by atoms with Crippen LogP contribution in [-0.2, 0) is 9.53 Å². The summed E-state index contributed by atoms with van der Waals surface area (Å²) in [4.78, 5) is 14.1. The van der Waals surface area contributed by atoms with Crippen LogP contribution in [0.3, 0.4) is 0 Å². The normalized spacial score (nSPS) is 20.6. The summed E-state index contributed by atoms with van der Waals surface area (Å²) in [5.41, 5.74) is 0. The van der Waals surface area contributed by atoms with Crippen molar-refractivity contribution >= 4 is 19.2 Å². The van der Waals surface area contributed by atoms with Crippen molar-refractivity contribution in [3.8, 4) is 0 Å². The summed E-state index contributed by atoms with van der Waals surface area (Å²) in [7, 11) is 0.157. The third-order valence-electron chi connectivity index (χ3n) is 3.86. The quantitative estimate of drug-likeness (QED) is 0.826. The van der Waals surface area contributed by atoms with Gasteiger partial charge in [0.2, 0.25) is 5.91 Å². The van der Waals surface area contributed by atoms with E-state index in [9.17, 15) is 4.79 Å². The summed E-state index contributed by atoms with van der Waals surface area (Å²) in [6.07, 6.45) is 0.739. The van der Waals surface area contributed by atoms with E-state index >= 15 is 0 Å². The van der Waals surface area contributed by atoms with Gasteiger partial charge in [-0.2, -0.15) is 0 Å². The molecule has 0 aliphatic carbocycles. The predicted molar refractivity (Wildman–Crippen MR) is 83.8 cm³/mol. The second-order valence-corrected chi connectivity index (χ2v) is 10.6. The van der Waals surface area contributed by atoms with E-state index in [1.165, 1.54) is 5.19 Å². The number of nitrogens with one attached hydrogen (secondary N) is 1. The average molecular weight is 292 g/mol. The molecule has 1 amide bonds. The van der Waals surface area contributed by atoms with Gasteiger partial charge in [-0.3, -0.25) is 4.79 Å². The van der Waals surface area contributed by atoms with Gasteiger partial charge >= 0.3 is 0 Å². The number of nitrogens with zero attached hydrogens (tertiary/aromatic N) is 1. The van der Waals surface area contributed by atoms with Gasteiger partial charge in [-0.1, -0.05) is 48.6 Å². The molecule has 5 heteroatoms. The van der Waals surface area contributed by atoms with Crippen molar-refractivity contribution in [3.05, 3.63) is 30.3 Å². The molecule has 110 valence electrons. The van der Waals surface area contributed by atoms with E-state index in [1.807, 2.05) is 0 Å². The molecule has 0 radical (unpaired) electrons. The van der Waals surface area contributed by atoms with Gasteiger partial charge in [0, 0.05) is 20.1 Å². The van der Waals surface area contributed by atoms with Crippen LogP contribution < -0.4 is 10.5 Å². The Morgan fingerprint density at radius 3 is 2.75 bits per heavy atom. The van der Waals surface area contributed by atoms with Gasteiger partial charge in [-0.05, 0) is 6.17 Å². The van der Waals surface area contributed by atoms with Crippen molar-refractivity contribution in [1.82, 2.24) is 10.2 Å². The summed E-state index contributed by atoms with van der Waals surface area (Å²) in [5, 5.41) is 4.13. The minimum absolute atomic E-state index is 0.0196. The maximum Gasteiger partial charge on any atom is 0.250 e. The van der Waals surface area contributed by atoms with Crippen molar-refractivity contribution in [1.29, 1.82) is 0 Å². The van der Waals surface area contributed by atoms with E-state index in [2.05, 4.69) is 53.6 Å². The molecule has 1 fully saturated rings. The maximum absolute atomic E-state index is 11.7. The molecule has 0 bridgehead atoms. The number of hydrogen-bond acceptors (Lipinski definition) is 3. The first-order valence-electron chi connectivity index (χ1n) is 7.14. The molecular formula is C15H24N2O2Si. The van der Waals surface area contributed by atoms with Crippen LogP contribution in [0.5, 0.6) is 0 Å². The average Bonchev–Trinajstić information content (AvgIpc) is 2.47. The summed E-state index contributed by atoms with van der Waals surface area (Å²) >= 11 is 0. The zero-order valence-corrected chi connectivity index (χ0v) is 13.6. The lowest BCUT2D eigenvalue weighted by atomic mass is 10.2. The molecule has 1 atom stereocenters. The van der Waals surface area contributed by atoms with Crippen molar-refractivity contribution in [3.63, 3.8) is 0 Å². The number of carbonyl (C=O) groups excluding carboxylic acids is 1. The van der Waals surface area contributed by atoms with Crippen LogP contribution in [0.2, 0.25) is 13.1 Å². The van der Waals surface area contributed by atoms with E-state index in [1.54, 1.807) is 7.05 Å². The highest BCUT2D eigenvalue weighted by atomic mass is 28.3. The van der Waals surface area contributed by atoms with Crippen LogP contribution in [0.15, 0.2) is 30.3 Å². The van der Waals surface area contributed by atoms with Gasteiger partial charge in [-0.25, -0.2) is 0 Å². The highest BCUT2D eigenvalue weighted by Crippen LogP contribution is 2.11. The maximum atomic E-state index is 11.7. The molecule has 1 aliphatic rings. The lowest BCUT2D eigenvalue weighted by Crippen LogP contribution is -2.57. The van der Waals surface area contributed by atoms with Gasteiger partial charge in [0.15, 0.2) is 0 Å². The monoisotopic (exact) mass is 292 g/mol. The van der Waals surface area contributed by atoms with Crippen LogP contribution in [0.1, 0.15) is 0 Å². The number of hydrogen-bond donors (Lipinski definition) is 1. The van der Waals surface area contributed by atoms with Gasteiger partial charge in [0.25, 0.3) is 0 Å². The zero-order chi connectivity index (χ0) is 14.6. The Morgan fingerprint density at radius 2 is 2.10 bits per heavy atom. The molecular weight excluding hydrogens is 268 g/mol. The Morgan fingerprint density at radius 1 is 1.40 bits per heavy atom. The van der Waals surface area contributed by atoms with Crippen LogP contribution >= 0.6 is 0 Å². The van der Waals surface area contributed by atoms with Crippen LogP contribution in [0, 0.1) is 0 Å². The Kier molecular flexibility index (Phi) is 4.96. The first-order chi connectivity index (χ1) is 9.53. The van der Waals surface area contributed by atoms with Crippen LogP contribution in [-0.4, -0.2) is 57.9 Å². The minimum atomic E-state index is -1.50. The second-order valence-electron chi connectivity index (χ2n) is 5.96. The van der Waals surface area contributed by atoms with Gasteiger partial charge in [0.05, 0.1) is 14.7 Å². The lowest BCUT2D eigenvalue weighted by Gasteiger charge is -2.36. The molecule has 0 saturated carbocycles. The van der Waals surface area contributed by atoms with E-state index in [0.29, 0.717) is 13.2 Å². The Labute approximate surface area is 122 Å². The van der Waals surface area contributed by atoms with E-state index < -0.39 is 8.07 Å². The first kappa shape index (κ1) is 15.2. The minimum Gasteiger partial charge on any atom is -0.366 e. The fourth-order valence-electron chi connectivity index (χ4n) is 2.71. The van der Waals surface area contributed by atoms with Gasteiger partial charge in [0.1, 0.15) is 6.10 Å². The molecule has 1 N–H and O–H groups in total. The number of amides is 1. The molecule has 1 aliphatic heterocycles. The van der Waals surface area contributed by atoms with Crippen molar-refractivity contribution < 1.29 is 9.53 Å². The van der Waals surface area contributed by atoms with Crippen LogP contribution in [0.4, 0.5) is 0 Å².